The summed E-state index contributed by atoms with van der Waals surface area (Å²) in [5.41, 5.74) is 4.01. The molecule has 0 atom stereocenters. The highest BCUT2D eigenvalue weighted by atomic mass is 35.5. The Labute approximate surface area is 119 Å². The molecule has 1 aromatic heterocycles. The largest absolute Gasteiger partial charge is 0.197 e. The lowest BCUT2D eigenvalue weighted by Gasteiger charge is -2.21. The number of hydrogen-bond acceptors (Lipinski definition) is 4. The molecule has 0 radical (unpaired) electrons. The summed E-state index contributed by atoms with van der Waals surface area (Å²) in [5, 5.41) is 12.8. The number of aromatic nitrogens is 2. The maximum Gasteiger partial charge on any atom is 0.0968 e. The molecule has 0 saturated carbocycles. The van der Waals surface area contributed by atoms with E-state index in [1.165, 1.54) is 0 Å². The number of aryl methyl sites for hydroxylation is 1. The molecule has 0 aliphatic carbocycles. The van der Waals surface area contributed by atoms with Gasteiger partial charge in [-0.15, -0.1) is 0 Å². The number of hydrogen-bond donors (Lipinski definition) is 1. The molecule has 0 fully saturated rings. The van der Waals surface area contributed by atoms with E-state index < -0.39 is 0 Å². The number of nitrogens with one attached hydrogen (secondary N) is 1. The average molecular weight is 296 g/mol. The first-order valence-corrected chi connectivity index (χ1v) is 6.56. The predicted molar refractivity (Wildman–Crippen MR) is 74.7 cm³/mol. The quantitative estimate of drug-likeness (QED) is 0.905. The van der Waals surface area contributed by atoms with Crippen LogP contribution in [0.2, 0.25) is 10.0 Å². The van der Waals surface area contributed by atoms with Crippen LogP contribution in [0.15, 0.2) is 29.6 Å². The molecule has 7 heteroatoms. The van der Waals surface area contributed by atoms with Gasteiger partial charge in [0.15, 0.2) is 0 Å². The molecule has 1 aromatic carbocycles. The fourth-order valence-corrected chi connectivity index (χ4v) is 2.33. The molecule has 0 amide bonds. The van der Waals surface area contributed by atoms with Gasteiger partial charge in [-0.2, -0.15) is 25.6 Å². The predicted octanol–water partition coefficient (Wildman–Crippen LogP) is 1.18. The van der Waals surface area contributed by atoms with Crippen molar-refractivity contribution in [1.29, 1.82) is 0 Å². The summed E-state index contributed by atoms with van der Waals surface area (Å²) in [6.07, 6.45) is 6.49. The lowest BCUT2D eigenvalue weighted by Crippen LogP contribution is -2.48. The normalized spacial score (nSPS) is 13.3. The Morgan fingerprint density at radius 2 is 2.16 bits per heavy atom. The first-order valence-electron chi connectivity index (χ1n) is 5.80. The maximum absolute atomic E-state index is 6.17. The van der Waals surface area contributed by atoms with Gasteiger partial charge in [0.25, 0.3) is 0 Å². The van der Waals surface area contributed by atoms with Crippen molar-refractivity contribution in [3.05, 3.63) is 50.7 Å². The van der Waals surface area contributed by atoms with Crippen LogP contribution >= 0.6 is 23.2 Å². The molecule has 3 rings (SSSR count). The highest BCUT2D eigenvalue weighted by Gasteiger charge is 2.09. The van der Waals surface area contributed by atoms with Crippen LogP contribution < -0.4 is 21.2 Å². The van der Waals surface area contributed by atoms with Crippen LogP contribution in [0, 0.1) is 0 Å². The fraction of sp³-hybridized carbons (Fsp3) is 0.167. The van der Waals surface area contributed by atoms with Gasteiger partial charge in [0.1, 0.15) is 0 Å². The SMILES string of the molecule is CCc1cnn(N2C=c3c(Cl)cc(Cl)cc3=NN2)c1. The van der Waals surface area contributed by atoms with Crippen molar-refractivity contribution in [2.75, 3.05) is 5.12 Å². The lowest BCUT2D eigenvalue weighted by molar-refractivity contribution is 0.526. The van der Waals surface area contributed by atoms with Gasteiger partial charge in [0.05, 0.1) is 29.0 Å². The minimum atomic E-state index is 0.556. The van der Waals surface area contributed by atoms with E-state index in [0.717, 1.165) is 17.2 Å². The molecule has 5 nitrogen and oxygen atoms in total. The van der Waals surface area contributed by atoms with E-state index >= 15 is 0 Å². The van der Waals surface area contributed by atoms with Gasteiger partial charge in [0, 0.05) is 10.2 Å². The highest BCUT2D eigenvalue weighted by Crippen LogP contribution is 2.09. The molecule has 1 aliphatic rings. The first kappa shape index (κ1) is 12.3. The number of benzene rings is 1. The Morgan fingerprint density at radius 1 is 1.32 bits per heavy atom. The molecule has 1 aliphatic heterocycles. The molecule has 0 bridgehead atoms. The molecule has 19 heavy (non-hydrogen) atoms. The third-order valence-corrected chi connectivity index (χ3v) is 3.38. The number of hydrazine groups is 1. The molecular formula is C12H11Cl2N5. The third-order valence-electron chi connectivity index (χ3n) is 2.85. The molecule has 98 valence electrons. The first-order chi connectivity index (χ1) is 9.17. The van der Waals surface area contributed by atoms with Crippen LogP contribution in [-0.4, -0.2) is 9.89 Å². The van der Waals surface area contributed by atoms with E-state index in [4.69, 9.17) is 23.2 Å². The summed E-state index contributed by atoms with van der Waals surface area (Å²) in [6.45, 7) is 2.08. The molecule has 0 unspecified atom stereocenters. The van der Waals surface area contributed by atoms with Crippen molar-refractivity contribution >= 4 is 29.4 Å². The van der Waals surface area contributed by atoms with E-state index in [-0.39, 0.29) is 0 Å². The van der Waals surface area contributed by atoms with Gasteiger partial charge in [-0.05, 0) is 24.1 Å². The second-order valence-corrected chi connectivity index (χ2v) is 4.97. The van der Waals surface area contributed by atoms with Crippen LogP contribution in [0.5, 0.6) is 0 Å². The van der Waals surface area contributed by atoms with Crippen LogP contribution in [-0.2, 0) is 6.42 Å². The second kappa shape index (κ2) is 4.75. The highest BCUT2D eigenvalue weighted by molar-refractivity contribution is 6.34. The zero-order chi connectivity index (χ0) is 13.4. The summed E-state index contributed by atoms with van der Waals surface area (Å²) in [7, 11) is 0. The van der Waals surface area contributed by atoms with Crippen LogP contribution in [0.1, 0.15) is 12.5 Å². The Balaban J connectivity index is 2.06. The van der Waals surface area contributed by atoms with Gasteiger partial charge in [-0.25, -0.2) is 0 Å². The second-order valence-electron chi connectivity index (χ2n) is 4.13. The minimum absolute atomic E-state index is 0.556. The Kier molecular flexibility index (Phi) is 3.08. The Morgan fingerprint density at radius 3 is 2.89 bits per heavy atom. The monoisotopic (exact) mass is 295 g/mol. The van der Waals surface area contributed by atoms with Crippen molar-refractivity contribution in [1.82, 2.24) is 15.4 Å². The van der Waals surface area contributed by atoms with Gasteiger partial charge < -0.3 is 0 Å². The summed E-state index contributed by atoms with van der Waals surface area (Å²) < 4.78 is 0. The van der Waals surface area contributed by atoms with Crippen LogP contribution in [0.3, 0.4) is 0 Å². The van der Waals surface area contributed by atoms with Gasteiger partial charge in [-0.3, -0.25) is 0 Å². The number of rotatable bonds is 2. The van der Waals surface area contributed by atoms with Crippen molar-refractivity contribution < 1.29 is 0 Å². The third kappa shape index (κ3) is 2.27. The fourth-order valence-electron chi connectivity index (χ4n) is 1.80. The van der Waals surface area contributed by atoms with Gasteiger partial charge in [-0.1, -0.05) is 30.1 Å². The molecule has 2 aromatic rings. The van der Waals surface area contributed by atoms with E-state index in [0.29, 0.717) is 15.4 Å². The number of halogens is 2. The van der Waals surface area contributed by atoms with E-state index in [2.05, 4.69) is 22.7 Å². The summed E-state index contributed by atoms with van der Waals surface area (Å²) in [4.78, 5) is 1.66. The Bertz CT molecular complexity index is 737. The summed E-state index contributed by atoms with van der Waals surface area (Å²) >= 11 is 12.1. The van der Waals surface area contributed by atoms with E-state index in [1.807, 2.05) is 18.6 Å². The lowest BCUT2D eigenvalue weighted by atomic mass is 10.3. The Hall–Kier alpha value is -1.72. The minimum Gasteiger partial charge on any atom is -0.197 e. The van der Waals surface area contributed by atoms with Crippen molar-refractivity contribution in [2.45, 2.75) is 13.3 Å². The summed E-state index contributed by atoms with van der Waals surface area (Å²) in [6, 6.07) is 3.45. The van der Waals surface area contributed by atoms with Gasteiger partial charge in [0.2, 0.25) is 0 Å². The average Bonchev–Trinajstić information content (AvgIpc) is 2.87. The molecular weight excluding hydrogens is 285 g/mol. The van der Waals surface area contributed by atoms with E-state index in [1.54, 1.807) is 22.0 Å². The maximum atomic E-state index is 6.17. The zero-order valence-electron chi connectivity index (χ0n) is 10.1. The zero-order valence-corrected chi connectivity index (χ0v) is 11.7. The van der Waals surface area contributed by atoms with Crippen LogP contribution in [0.25, 0.3) is 6.20 Å². The molecule has 1 N–H and O–H groups in total. The van der Waals surface area contributed by atoms with Crippen molar-refractivity contribution in [2.24, 2.45) is 5.10 Å². The molecule has 0 spiro atoms. The molecule has 2 heterocycles. The van der Waals surface area contributed by atoms with Gasteiger partial charge >= 0.3 is 0 Å². The number of nitrogens with zero attached hydrogens (tertiary/aromatic N) is 4. The summed E-state index contributed by atoms with van der Waals surface area (Å²) in [5.74, 6) is 0. The standard InChI is InChI=1S/C12H11Cl2N5/c1-2-8-5-15-18(6-8)19-7-10-11(14)3-9(13)4-12(10)16-17-19/h3-7,17H,2H2,1H3. The van der Waals surface area contributed by atoms with Crippen LogP contribution in [0.4, 0.5) is 0 Å². The topological polar surface area (TPSA) is 45.5 Å². The number of fused-ring (bicyclic) bond motifs is 1. The van der Waals surface area contributed by atoms with E-state index in [9.17, 15) is 0 Å². The van der Waals surface area contributed by atoms with Crippen molar-refractivity contribution in [3.63, 3.8) is 0 Å². The molecule has 0 saturated heterocycles. The smallest absolute Gasteiger partial charge is 0.0968 e. The van der Waals surface area contributed by atoms with Crippen molar-refractivity contribution in [3.8, 4) is 0 Å².